The van der Waals surface area contributed by atoms with E-state index < -0.39 is 5.97 Å². The van der Waals surface area contributed by atoms with Gasteiger partial charge >= 0.3 is 5.97 Å². The molecule has 0 aliphatic carbocycles. The maximum Gasteiger partial charge on any atom is 0.373 e. The van der Waals surface area contributed by atoms with E-state index >= 15 is 0 Å². The van der Waals surface area contributed by atoms with Crippen LogP contribution in [0.3, 0.4) is 0 Å². The second kappa shape index (κ2) is 19.0. The number of carbonyl (C=O) groups is 1. The van der Waals surface area contributed by atoms with Gasteiger partial charge in [-0.3, -0.25) is 4.89 Å². The predicted octanol–water partition coefficient (Wildman–Crippen LogP) is 8.04. The molecule has 0 atom stereocenters. The fraction of sp³-hybridized carbons (Fsp3) is 0.720. The van der Waals surface area contributed by atoms with Gasteiger partial charge in [0.15, 0.2) is 0 Å². The van der Waals surface area contributed by atoms with Crippen molar-refractivity contribution in [3.05, 3.63) is 35.9 Å². The molecule has 28 heavy (non-hydrogen) atoms. The average molecular weight is 391 g/mol. The van der Waals surface area contributed by atoms with Crippen molar-refractivity contribution < 1.29 is 14.6 Å². The summed E-state index contributed by atoms with van der Waals surface area (Å²) in [6.45, 7) is 2.76. The first-order valence-electron chi connectivity index (χ1n) is 11.7. The Morgan fingerprint density at radius 1 is 0.643 bits per heavy atom. The molecule has 0 saturated heterocycles. The van der Waals surface area contributed by atoms with Gasteiger partial charge in [0, 0.05) is 0 Å². The van der Waals surface area contributed by atoms with E-state index in [0.717, 1.165) is 12.8 Å². The summed E-state index contributed by atoms with van der Waals surface area (Å²) in [7, 11) is 0. The smallest absolute Gasteiger partial charge is 0.293 e. The monoisotopic (exact) mass is 390 g/mol. The van der Waals surface area contributed by atoms with Crippen molar-refractivity contribution >= 4 is 5.97 Å². The van der Waals surface area contributed by atoms with Gasteiger partial charge in [0.1, 0.15) is 0 Å². The number of hydrogen-bond donors (Lipinski definition) is 0. The Labute approximate surface area is 173 Å². The van der Waals surface area contributed by atoms with Gasteiger partial charge in [0.2, 0.25) is 0 Å². The van der Waals surface area contributed by atoms with Crippen LogP contribution in [0.2, 0.25) is 0 Å². The Hall–Kier alpha value is -1.35. The molecule has 0 N–H and O–H groups in total. The van der Waals surface area contributed by atoms with Gasteiger partial charge in [-0.25, -0.2) is 4.79 Å². The van der Waals surface area contributed by atoms with Crippen molar-refractivity contribution in [2.75, 3.05) is 6.61 Å². The number of carbonyl (C=O) groups excluding carboxylic acids is 1. The van der Waals surface area contributed by atoms with Gasteiger partial charge in [0.05, 0.1) is 12.2 Å². The molecule has 0 bridgehead atoms. The van der Waals surface area contributed by atoms with Gasteiger partial charge in [-0.05, 0) is 18.6 Å². The molecule has 0 heterocycles. The molecule has 3 heteroatoms. The molecular weight excluding hydrogens is 348 g/mol. The second-order valence-electron chi connectivity index (χ2n) is 7.86. The van der Waals surface area contributed by atoms with E-state index in [4.69, 9.17) is 9.78 Å². The Bertz CT molecular complexity index is 458. The number of hydrogen-bond acceptors (Lipinski definition) is 3. The summed E-state index contributed by atoms with van der Waals surface area (Å²) in [5, 5.41) is 0. The highest BCUT2D eigenvalue weighted by molar-refractivity contribution is 5.88. The lowest BCUT2D eigenvalue weighted by molar-refractivity contribution is -0.241. The van der Waals surface area contributed by atoms with E-state index in [9.17, 15) is 4.79 Å². The molecule has 0 aromatic heterocycles. The van der Waals surface area contributed by atoms with Crippen LogP contribution in [0.4, 0.5) is 0 Å². The molecule has 0 unspecified atom stereocenters. The predicted molar refractivity (Wildman–Crippen MR) is 117 cm³/mol. The Kier molecular flexibility index (Phi) is 16.7. The zero-order valence-electron chi connectivity index (χ0n) is 18.1. The summed E-state index contributed by atoms with van der Waals surface area (Å²) in [6.07, 6.45) is 21.5. The van der Waals surface area contributed by atoms with Crippen LogP contribution in [0.1, 0.15) is 120 Å². The van der Waals surface area contributed by atoms with Crippen molar-refractivity contribution in [1.82, 2.24) is 0 Å². The quantitative estimate of drug-likeness (QED) is 0.136. The molecule has 0 radical (unpaired) electrons. The lowest BCUT2D eigenvalue weighted by Gasteiger charge is -2.04. The van der Waals surface area contributed by atoms with E-state index in [1.54, 1.807) is 12.1 Å². The minimum atomic E-state index is -0.419. The van der Waals surface area contributed by atoms with E-state index in [2.05, 4.69) is 6.92 Å². The highest BCUT2D eigenvalue weighted by Crippen LogP contribution is 2.13. The minimum Gasteiger partial charge on any atom is -0.293 e. The summed E-state index contributed by atoms with van der Waals surface area (Å²) >= 11 is 0. The number of benzene rings is 1. The topological polar surface area (TPSA) is 35.5 Å². The summed E-state index contributed by atoms with van der Waals surface area (Å²) in [4.78, 5) is 21.5. The first-order chi connectivity index (χ1) is 13.8. The summed E-state index contributed by atoms with van der Waals surface area (Å²) < 4.78 is 0. The fourth-order valence-corrected chi connectivity index (χ4v) is 3.43. The van der Waals surface area contributed by atoms with Crippen LogP contribution in [0.15, 0.2) is 30.3 Å². The molecule has 0 aliphatic rings. The summed E-state index contributed by atoms with van der Waals surface area (Å²) in [5.74, 6) is -0.419. The number of unbranched alkanes of at least 4 members (excludes halogenated alkanes) is 15. The maximum absolute atomic E-state index is 11.7. The Morgan fingerprint density at radius 2 is 1.07 bits per heavy atom. The van der Waals surface area contributed by atoms with Gasteiger partial charge in [0.25, 0.3) is 0 Å². The second-order valence-corrected chi connectivity index (χ2v) is 7.86. The standard InChI is InChI=1S/C25H42O3/c1-2-3-4-5-6-7-8-9-10-11-12-13-14-15-16-20-23-27-28-25(26)24-21-18-17-19-22-24/h17-19,21-22H,2-16,20,23H2,1H3. The van der Waals surface area contributed by atoms with Crippen molar-refractivity contribution in [1.29, 1.82) is 0 Å². The van der Waals surface area contributed by atoms with E-state index in [-0.39, 0.29) is 0 Å². The summed E-state index contributed by atoms with van der Waals surface area (Å²) in [5.41, 5.74) is 0.523. The molecular formula is C25H42O3. The van der Waals surface area contributed by atoms with Crippen LogP contribution < -0.4 is 0 Å². The minimum absolute atomic E-state index is 0.419. The van der Waals surface area contributed by atoms with Crippen molar-refractivity contribution in [2.24, 2.45) is 0 Å². The molecule has 3 nitrogen and oxygen atoms in total. The summed E-state index contributed by atoms with van der Waals surface area (Å²) in [6, 6.07) is 8.94. The SMILES string of the molecule is CCCCCCCCCCCCCCCCCCOOC(=O)c1ccccc1. The van der Waals surface area contributed by atoms with E-state index in [0.29, 0.717) is 12.2 Å². The molecule has 1 aromatic rings. The largest absolute Gasteiger partial charge is 0.373 e. The molecule has 160 valence electrons. The molecule has 1 rings (SSSR count). The van der Waals surface area contributed by atoms with Gasteiger partial charge in [-0.1, -0.05) is 121 Å². The number of rotatable bonds is 19. The van der Waals surface area contributed by atoms with E-state index in [1.807, 2.05) is 18.2 Å². The zero-order valence-corrected chi connectivity index (χ0v) is 18.1. The first-order valence-corrected chi connectivity index (χ1v) is 11.7. The Morgan fingerprint density at radius 3 is 1.54 bits per heavy atom. The average Bonchev–Trinajstić information content (AvgIpc) is 2.73. The van der Waals surface area contributed by atoms with Crippen LogP contribution in [0.25, 0.3) is 0 Å². The molecule has 0 amide bonds. The highest BCUT2D eigenvalue weighted by Gasteiger charge is 2.06. The van der Waals surface area contributed by atoms with Crippen LogP contribution in [0.5, 0.6) is 0 Å². The highest BCUT2D eigenvalue weighted by atomic mass is 17.2. The normalized spacial score (nSPS) is 10.9. The zero-order chi connectivity index (χ0) is 20.1. The van der Waals surface area contributed by atoms with Gasteiger partial charge in [-0.15, -0.1) is 0 Å². The molecule has 0 fully saturated rings. The maximum atomic E-state index is 11.7. The fourth-order valence-electron chi connectivity index (χ4n) is 3.43. The van der Waals surface area contributed by atoms with Crippen LogP contribution in [0, 0.1) is 0 Å². The third-order valence-corrected chi connectivity index (χ3v) is 5.23. The van der Waals surface area contributed by atoms with Crippen LogP contribution in [-0.4, -0.2) is 12.6 Å². The van der Waals surface area contributed by atoms with Crippen molar-refractivity contribution in [2.45, 2.75) is 110 Å². The lowest BCUT2D eigenvalue weighted by Crippen LogP contribution is -2.06. The van der Waals surface area contributed by atoms with Gasteiger partial charge < -0.3 is 0 Å². The van der Waals surface area contributed by atoms with Crippen LogP contribution in [-0.2, 0) is 9.78 Å². The molecule has 1 aromatic carbocycles. The van der Waals surface area contributed by atoms with Crippen molar-refractivity contribution in [3.63, 3.8) is 0 Å². The lowest BCUT2D eigenvalue weighted by atomic mass is 10.0. The first kappa shape index (κ1) is 24.7. The van der Waals surface area contributed by atoms with Gasteiger partial charge in [-0.2, -0.15) is 4.89 Å². The molecule has 0 aliphatic heterocycles. The third-order valence-electron chi connectivity index (χ3n) is 5.23. The van der Waals surface area contributed by atoms with Crippen LogP contribution >= 0.6 is 0 Å². The Balaban J connectivity index is 1.74. The molecule has 0 saturated carbocycles. The molecule has 0 spiro atoms. The van der Waals surface area contributed by atoms with E-state index in [1.165, 1.54) is 89.9 Å². The van der Waals surface area contributed by atoms with Crippen molar-refractivity contribution in [3.8, 4) is 0 Å². The third kappa shape index (κ3) is 14.7.